The van der Waals surface area contributed by atoms with Crippen molar-refractivity contribution in [2.75, 3.05) is 33.9 Å². The van der Waals surface area contributed by atoms with Crippen LogP contribution in [0, 0.1) is 18.7 Å². The Labute approximate surface area is 203 Å². The number of nitrogens with zero attached hydrogens (tertiary/aromatic N) is 1. The molecule has 2 unspecified atom stereocenters. The average Bonchev–Trinajstić information content (AvgIpc) is 2.87. The zero-order valence-corrected chi connectivity index (χ0v) is 21.3. The number of unbranched alkanes of at least 4 members (excludes halogenated alkanes) is 1. The van der Waals surface area contributed by atoms with Gasteiger partial charge < -0.3 is 19.5 Å². The van der Waals surface area contributed by atoms with E-state index in [1.165, 1.54) is 6.07 Å². The first-order valence-electron chi connectivity index (χ1n) is 12.3. The molecule has 1 heterocycles. The third kappa shape index (κ3) is 6.57. The summed E-state index contributed by atoms with van der Waals surface area (Å²) in [6.07, 6.45) is 4.42. The number of piperidine rings is 1. The highest BCUT2D eigenvalue weighted by Crippen LogP contribution is 2.44. The van der Waals surface area contributed by atoms with Gasteiger partial charge in [-0.2, -0.15) is 0 Å². The number of carbonyl (C=O) groups is 1. The third-order valence-electron chi connectivity index (χ3n) is 6.49. The van der Waals surface area contributed by atoms with E-state index in [4.69, 9.17) is 9.47 Å². The van der Waals surface area contributed by atoms with Gasteiger partial charge in [-0.15, -0.1) is 0 Å². The van der Waals surface area contributed by atoms with Crippen molar-refractivity contribution in [1.29, 1.82) is 0 Å². The van der Waals surface area contributed by atoms with Gasteiger partial charge in [0.25, 0.3) is 0 Å². The topological polar surface area (TPSA) is 59.0 Å². The van der Waals surface area contributed by atoms with Crippen molar-refractivity contribution in [1.82, 2.24) is 4.90 Å². The maximum Gasteiger partial charge on any atom is 0.209 e. The molecule has 1 fully saturated rings. The molecule has 1 amide bonds. The lowest BCUT2D eigenvalue weighted by Gasteiger charge is -2.43. The highest BCUT2D eigenvalue weighted by atomic mass is 19.1. The van der Waals surface area contributed by atoms with Crippen LogP contribution in [0.5, 0.6) is 5.75 Å². The lowest BCUT2D eigenvalue weighted by Crippen LogP contribution is -2.46. The molecule has 5 nitrogen and oxygen atoms in total. The number of methoxy groups -OCH3 is 2. The molecular formula is C28H40FNO4. The second-order valence-electron chi connectivity index (χ2n) is 8.71. The minimum atomic E-state index is -1.27. The first-order valence-corrected chi connectivity index (χ1v) is 12.3. The normalized spacial score (nSPS) is 17.4. The standard InChI is InChI=1S/C26H34FNO4.C2H6/c1-19-14-20(16-22(15-19)32-3)25-23(9-6-10-24(25)27)26(30,11-4-5-13-31-2)21-8-7-12-28(17-21)18-29;1-2/h6,9-10,14-16,18,21,30H,4-5,7-8,11-13,17H2,1-3H3;1-2H3. The van der Waals surface area contributed by atoms with Crippen molar-refractivity contribution in [3.63, 3.8) is 0 Å². The molecule has 34 heavy (non-hydrogen) atoms. The highest BCUT2D eigenvalue weighted by molar-refractivity contribution is 5.71. The molecule has 2 atom stereocenters. The molecule has 2 aromatic rings. The van der Waals surface area contributed by atoms with Crippen LogP contribution in [-0.2, 0) is 15.1 Å². The van der Waals surface area contributed by atoms with E-state index in [2.05, 4.69) is 0 Å². The van der Waals surface area contributed by atoms with Crippen LogP contribution in [0.4, 0.5) is 4.39 Å². The van der Waals surface area contributed by atoms with Crippen molar-refractivity contribution in [3.8, 4) is 16.9 Å². The van der Waals surface area contributed by atoms with Crippen molar-refractivity contribution in [2.45, 2.75) is 58.5 Å². The monoisotopic (exact) mass is 473 g/mol. The predicted octanol–water partition coefficient (Wildman–Crippen LogP) is 5.71. The molecule has 6 heteroatoms. The van der Waals surface area contributed by atoms with Gasteiger partial charge in [-0.25, -0.2) is 4.39 Å². The van der Waals surface area contributed by atoms with Gasteiger partial charge in [0, 0.05) is 38.3 Å². The van der Waals surface area contributed by atoms with Crippen LogP contribution in [0.2, 0.25) is 0 Å². The van der Waals surface area contributed by atoms with Crippen LogP contribution in [0.15, 0.2) is 36.4 Å². The molecule has 0 bridgehead atoms. The fourth-order valence-corrected chi connectivity index (χ4v) is 4.88. The quantitative estimate of drug-likeness (QED) is 0.355. The Morgan fingerprint density at radius 3 is 2.65 bits per heavy atom. The summed E-state index contributed by atoms with van der Waals surface area (Å²) < 4.78 is 25.9. The van der Waals surface area contributed by atoms with E-state index in [1.54, 1.807) is 31.3 Å². The van der Waals surface area contributed by atoms with Gasteiger partial charge in [0.2, 0.25) is 6.41 Å². The lowest BCUT2D eigenvalue weighted by molar-refractivity contribution is -0.123. The zero-order chi connectivity index (χ0) is 25.1. The zero-order valence-electron chi connectivity index (χ0n) is 21.3. The largest absolute Gasteiger partial charge is 0.497 e. The van der Waals surface area contributed by atoms with E-state index < -0.39 is 5.60 Å². The number of carbonyl (C=O) groups excluding carboxylic acids is 1. The summed E-state index contributed by atoms with van der Waals surface area (Å²) >= 11 is 0. The van der Waals surface area contributed by atoms with Gasteiger partial charge in [0.1, 0.15) is 11.6 Å². The smallest absolute Gasteiger partial charge is 0.209 e. The summed E-state index contributed by atoms with van der Waals surface area (Å²) in [6, 6.07) is 10.5. The Bertz CT molecular complexity index is 919. The summed E-state index contributed by atoms with van der Waals surface area (Å²) in [5, 5.41) is 12.2. The molecule has 0 spiro atoms. The molecule has 1 aliphatic heterocycles. The molecule has 188 valence electrons. The van der Waals surface area contributed by atoms with Crippen molar-refractivity contribution in [2.24, 2.45) is 5.92 Å². The number of likely N-dealkylation sites (tertiary alicyclic amines) is 1. The van der Waals surface area contributed by atoms with E-state index in [1.807, 2.05) is 39.0 Å². The van der Waals surface area contributed by atoms with Crippen LogP contribution in [0.25, 0.3) is 11.1 Å². The minimum Gasteiger partial charge on any atom is -0.497 e. The molecule has 0 aromatic heterocycles. The number of hydrogen-bond acceptors (Lipinski definition) is 4. The number of benzene rings is 2. The van der Waals surface area contributed by atoms with Gasteiger partial charge in [-0.3, -0.25) is 4.79 Å². The van der Waals surface area contributed by atoms with Crippen LogP contribution < -0.4 is 4.74 Å². The summed E-state index contributed by atoms with van der Waals surface area (Å²) in [4.78, 5) is 13.2. The maximum absolute atomic E-state index is 15.3. The predicted molar refractivity (Wildman–Crippen MR) is 134 cm³/mol. The maximum atomic E-state index is 15.3. The van der Waals surface area contributed by atoms with E-state index in [9.17, 15) is 9.90 Å². The van der Waals surface area contributed by atoms with E-state index in [0.29, 0.717) is 48.6 Å². The number of ether oxygens (including phenoxy) is 2. The van der Waals surface area contributed by atoms with Gasteiger partial charge >= 0.3 is 0 Å². The third-order valence-corrected chi connectivity index (χ3v) is 6.49. The number of amides is 1. The van der Waals surface area contributed by atoms with E-state index in [-0.39, 0.29) is 11.7 Å². The molecule has 1 saturated heterocycles. The minimum absolute atomic E-state index is 0.184. The van der Waals surface area contributed by atoms with Gasteiger partial charge in [0.05, 0.1) is 12.7 Å². The van der Waals surface area contributed by atoms with Gasteiger partial charge in [-0.1, -0.05) is 32.0 Å². The second-order valence-corrected chi connectivity index (χ2v) is 8.71. The first kappa shape index (κ1) is 27.8. The molecule has 1 aliphatic rings. The van der Waals surface area contributed by atoms with Crippen molar-refractivity contribution < 1.29 is 23.8 Å². The van der Waals surface area contributed by atoms with Crippen LogP contribution in [-0.4, -0.2) is 50.3 Å². The number of aliphatic hydroxyl groups is 1. The SMILES string of the molecule is CC.COCCCCC(O)(c1cccc(F)c1-c1cc(C)cc(OC)c1)C1CCCN(C=O)C1. The van der Waals surface area contributed by atoms with Crippen LogP contribution >= 0.6 is 0 Å². The summed E-state index contributed by atoms with van der Waals surface area (Å²) in [5.41, 5.74) is 1.31. The summed E-state index contributed by atoms with van der Waals surface area (Å²) in [7, 11) is 3.24. The van der Waals surface area contributed by atoms with E-state index in [0.717, 1.165) is 37.7 Å². The fraction of sp³-hybridized carbons (Fsp3) is 0.536. The fourth-order valence-electron chi connectivity index (χ4n) is 4.88. The molecule has 0 aliphatic carbocycles. The molecule has 0 radical (unpaired) electrons. The Balaban J connectivity index is 0.00000199. The number of halogens is 1. The molecule has 3 rings (SSSR count). The first-order chi connectivity index (χ1) is 16.4. The second kappa shape index (κ2) is 13.4. The van der Waals surface area contributed by atoms with Crippen LogP contribution in [0.1, 0.15) is 57.1 Å². The van der Waals surface area contributed by atoms with Crippen LogP contribution in [0.3, 0.4) is 0 Å². The van der Waals surface area contributed by atoms with E-state index >= 15 is 4.39 Å². The van der Waals surface area contributed by atoms with Gasteiger partial charge in [-0.05, 0) is 73.9 Å². The van der Waals surface area contributed by atoms with Gasteiger partial charge in [0.15, 0.2) is 0 Å². The summed E-state index contributed by atoms with van der Waals surface area (Å²) in [5.74, 6) is 0.0763. The number of aryl methyl sites for hydroxylation is 1. The molecule has 0 saturated carbocycles. The Morgan fingerprint density at radius 2 is 1.97 bits per heavy atom. The average molecular weight is 474 g/mol. The van der Waals surface area contributed by atoms with Crippen molar-refractivity contribution >= 4 is 6.41 Å². The Morgan fingerprint density at radius 1 is 1.21 bits per heavy atom. The summed E-state index contributed by atoms with van der Waals surface area (Å²) in [6.45, 7) is 7.68. The molecular weight excluding hydrogens is 433 g/mol. The lowest BCUT2D eigenvalue weighted by atomic mass is 9.72. The Kier molecular flexibility index (Phi) is 11.0. The van der Waals surface area contributed by atoms with Crippen molar-refractivity contribution in [3.05, 3.63) is 53.3 Å². The number of hydrogen-bond donors (Lipinski definition) is 1. The number of rotatable bonds is 10. The molecule has 1 N–H and O–H groups in total. The Hall–Kier alpha value is -2.44. The molecule has 2 aromatic carbocycles. The highest BCUT2D eigenvalue weighted by Gasteiger charge is 2.42.